The maximum Gasteiger partial charge on any atom is 0.330 e. The number of allylic oxidation sites excluding steroid dienone is 1. The van der Waals surface area contributed by atoms with Crippen LogP contribution in [0.4, 0.5) is 17.6 Å². The van der Waals surface area contributed by atoms with Crippen molar-refractivity contribution in [3.05, 3.63) is 11.6 Å². The molecule has 1 unspecified atom stereocenters. The zero-order chi connectivity index (χ0) is 11.5. The van der Waals surface area contributed by atoms with Crippen molar-refractivity contribution in [3.63, 3.8) is 0 Å². The van der Waals surface area contributed by atoms with Crippen LogP contribution in [0, 0.1) is 5.92 Å². The molecule has 0 spiro atoms. The minimum absolute atomic E-state index is 0.377. The van der Waals surface area contributed by atoms with Gasteiger partial charge in [-0.3, -0.25) is 0 Å². The summed E-state index contributed by atoms with van der Waals surface area (Å²) in [6.07, 6.45) is -3.18. The van der Waals surface area contributed by atoms with Crippen LogP contribution in [-0.2, 0) is 4.79 Å². The summed E-state index contributed by atoms with van der Waals surface area (Å²) >= 11 is 0. The molecule has 0 aromatic carbocycles. The second kappa shape index (κ2) is 4.43. The molecule has 0 rings (SSSR count). The largest absolute Gasteiger partial charge is 0.478 e. The van der Waals surface area contributed by atoms with Gasteiger partial charge in [-0.2, -0.15) is 8.78 Å². The lowest BCUT2D eigenvalue weighted by Crippen LogP contribution is -2.33. The van der Waals surface area contributed by atoms with Gasteiger partial charge < -0.3 is 5.11 Å². The first kappa shape index (κ1) is 12.9. The Morgan fingerprint density at radius 2 is 1.86 bits per heavy atom. The Morgan fingerprint density at radius 3 is 2.14 bits per heavy atom. The molecule has 0 aliphatic carbocycles. The van der Waals surface area contributed by atoms with Crippen molar-refractivity contribution < 1.29 is 27.5 Å². The number of hydrogen-bond acceptors (Lipinski definition) is 1. The van der Waals surface area contributed by atoms with E-state index in [0.29, 0.717) is 6.08 Å². The van der Waals surface area contributed by atoms with Gasteiger partial charge in [-0.1, -0.05) is 13.0 Å². The van der Waals surface area contributed by atoms with E-state index in [4.69, 9.17) is 5.11 Å². The fourth-order valence-electron chi connectivity index (χ4n) is 0.756. The van der Waals surface area contributed by atoms with Crippen molar-refractivity contribution in [3.8, 4) is 0 Å². The Bertz CT molecular complexity index is 248. The van der Waals surface area contributed by atoms with Crippen molar-refractivity contribution in [1.29, 1.82) is 0 Å². The summed E-state index contributed by atoms with van der Waals surface area (Å²) in [6, 6.07) is 0. The molecule has 0 amide bonds. The topological polar surface area (TPSA) is 37.3 Å². The standard InChI is InChI=1S/C8H10F4O2/c1-4(6(13)14)3-5(2)8(11,12)7(9)10/h3,5,7H,1-2H3,(H,13,14). The smallest absolute Gasteiger partial charge is 0.330 e. The molecule has 0 aliphatic heterocycles. The number of aliphatic carboxylic acids is 1. The number of rotatable bonds is 4. The molecule has 1 N–H and O–H groups in total. The van der Waals surface area contributed by atoms with Gasteiger partial charge in [0.05, 0.1) is 0 Å². The number of carboxylic acid groups (broad SMARTS) is 1. The zero-order valence-electron chi connectivity index (χ0n) is 7.60. The first-order valence-electron chi connectivity index (χ1n) is 3.77. The molecule has 0 heterocycles. The molecule has 82 valence electrons. The monoisotopic (exact) mass is 214 g/mol. The molecule has 6 heteroatoms. The van der Waals surface area contributed by atoms with Crippen molar-refractivity contribution in [1.82, 2.24) is 0 Å². The highest BCUT2D eigenvalue weighted by atomic mass is 19.3. The normalized spacial score (nSPS) is 15.8. The molecular formula is C8H10F4O2. The van der Waals surface area contributed by atoms with Crippen LogP contribution in [0.15, 0.2) is 11.6 Å². The highest BCUT2D eigenvalue weighted by molar-refractivity contribution is 5.85. The van der Waals surface area contributed by atoms with E-state index in [1.54, 1.807) is 0 Å². The van der Waals surface area contributed by atoms with Crippen LogP contribution in [0.5, 0.6) is 0 Å². The number of hydrogen-bond donors (Lipinski definition) is 1. The number of carboxylic acids is 1. The third kappa shape index (κ3) is 3.01. The summed E-state index contributed by atoms with van der Waals surface area (Å²) < 4.78 is 48.7. The number of carbonyl (C=O) groups is 1. The van der Waals surface area contributed by atoms with Gasteiger partial charge in [-0.15, -0.1) is 0 Å². The summed E-state index contributed by atoms with van der Waals surface area (Å²) in [7, 11) is 0. The molecule has 0 saturated heterocycles. The van der Waals surface area contributed by atoms with Crippen LogP contribution in [-0.4, -0.2) is 23.4 Å². The van der Waals surface area contributed by atoms with Crippen LogP contribution < -0.4 is 0 Å². The van der Waals surface area contributed by atoms with Gasteiger partial charge in [-0.05, 0) is 6.92 Å². The highest BCUT2D eigenvalue weighted by Gasteiger charge is 2.45. The molecule has 0 aromatic heterocycles. The van der Waals surface area contributed by atoms with E-state index in [1.807, 2.05) is 0 Å². The molecule has 0 saturated carbocycles. The predicted molar refractivity (Wildman–Crippen MR) is 41.5 cm³/mol. The van der Waals surface area contributed by atoms with Crippen molar-refractivity contribution in [2.75, 3.05) is 0 Å². The quantitative estimate of drug-likeness (QED) is 0.576. The highest BCUT2D eigenvalue weighted by Crippen LogP contribution is 2.32. The minimum Gasteiger partial charge on any atom is -0.478 e. The summed E-state index contributed by atoms with van der Waals surface area (Å²) in [5.74, 6) is -7.41. The Morgan fingerprint density at radius 1 is 1.43 bits per heavy atom. The molecule has 0 radical (unpaired) electrons. The Labute approximate surface area is 78.2 Å². The SMILES string of the molecule is CC(=CC(C)C(F)(F)C(F)F)C(=O)O. The third-order valence-electron chi connectivity index (χ3n) is 1.74. The van der Waals surface area contributed by atoms with Gasteiger partial charge in [-0.25, -0.2) is 13.6 Å². The van der Waals surface area contributed by atoms with Gasteiger partial charge in [0.25, 0.3) is 0 Å². The lowest BCUT2D eigenvalue weighted by Gasteiger charge is -2.20. The van der Waals surface area contributed by atoms with E-state index >= 15 is 0 Å². The maximum atomic E-state index is 12.6. The molecule has 1 atom stereocenters. The van der Waals surface area contributed by atoms with Crippen LogP contribution in [0.1, 0.15) is 13.8 Å². The first-order chi connectivity index (χ1) is 6.19. The fourth-order valence-corrected chi connectivity index (χ4v) is 0.756. The Kier molecular flexibility index (Phi) is 4.09. The second-order valence-corrected chi connectivity index (χ2v) is 2.92. The summed E-state index contributed by atoms with van der Waals surface area (Å²) in [5.41, 5.74) is -0.377. The molecule has 0 bridgehead atoms. The molecule has 0 aromatic rings. The van der Waals surface area contributed by atoms with E-state index < -0.39 is 24.2 Å². The summed E-state index contributed by atoms with van der Waals surface area (Å²) in [5, 5.41) is 8.33. The third-order valence-corrected chi connectivity index (χ3v) is 1.74. The summed E-state index contributed by atoms with van der Waals surface area (Å²) in [6.45, 7) is 1.92. The van der Waals surface area contributed by atoms with E-state index in [-0.39, 0.29) is 5.57 Å². The second-order valence-electron chi connectivity index (χ2n) is 2.92. The summed E-state index contributed by atoms with van der Waals surface area (Å²) in [4.78, 5) is 10.2. The molecule has 0 fully saturated rings. The number of halogens is 4. The van der Waals surface area contributed by atoms with Crippen molar-refractivity contribution in [2.45, 2.75) is 26.2 Å². The molecule has 14 heavy (non-hydrogen) atoms. The minimum atomic E-state index is -4.20. The average molecular weight is 214 g/mol. The lowest BCUT2D eigenvalue weighted by atomic mass is 10.0. The van der Waals surface area contributed by atoms with Crippen molar-refractivity contribution in [2.24, 2.45) is 5.92 Å². The maximum absolute atomic E-state index is 12.6. The fraction of sp³-hybridized carbons (Fsp3) is 0.625. The first-order valence-corrected chi connectivity index (χ1v) is 3.77. The molecule has 2 nitrogen and oxygen atoms in total. The van der Waals surface area contributed by atoms with E-state index in [9.17, 15) is 22.4 Å². The Balaban J connectivity index is 4.72. The van der Waals surface area contributed by atoms with Crippen LogP contribution in [0.25, 0.3) is 0 Å². The van der Waals surface area contributed by atoms with Crippen LogP contribution in [0.2, 0.25) is 0 Å². The van der Waals surface area contributed by atoms with Crippen LogP contribution >= 0.6 is 0 Å². The van der Waals surface area contributed by atoms with Gasteiger partial charge in [0.2, 0.25) is 0 Å². The molecular weight excluding hydrogens is 204 g/mol. The Hall–Kier alpha value is -1.07. The lowest BCUT2D eigenvalue weighted by molar-refractivity contribution is -0.150. The number of alkyl halides is 4. The van der Waals surface area contributed by atoms with Gasteiger partial charge in [0, 0.05) is 11.5 Å². The van der Waals surface area contributed by atoms with Gasteiger partial charge in [0.1, 0.15) is 0 Å². The predicted octanol–water partition coefficient (Wildman–Crippen LogP) is 2.55. The average Bonchev–Trinajstić information content (AvgIpc) is 2.03. The van der Waals surface area contributed by atoms with Crippen molar-refractivity contribution >= 4 is 5.97 Å². The van der Waals surface area contributed by atoms with E-state index in [1.165, 1.54) is 0 Å². The molecule has 0 aliphatic rings. The van der Waals surface area contributed by atoms with Crippen LogP contribution in [0.3, 0.4) is 0 Å². The van der Waals surface area contributed by atoms with Gasteiger partial charge >= 0.3 is 18.3 Å². The zero-order valence-corrected chi connectivity index (χ0v) is 7.60. The van der Waals surface area contributed by atoms with E-state index in [0.717, 1.165) is 13.8 Å². The van der Waals surface area contributed by atoms with Gasteiger partial charge in [0.15, 0.2) is 0 Å². The van der Waals surface area contributed by atoms with E-state index in [2.05, 4.69) is 0 Å².